The molecule has 0 saturated heterocycles. The van der Waals surface area contributed by atoms with Crippen LogP contribution in [0.5, 0.6) is 0 Å². The maximum Gasteiger partial charge on any atom is 0.303 e. The second kappa shape index (κ2) is 6.86. The topological polar surface area (TPSA) is 37.3 Å². The van der Waals surface area contributed by atoms with Gasteiger partial charge in [0.05, 0.1) is 0 Å². The first-order chi connectivity index (χ1) is 7.24. The summed E-state index contributed by atoms with van der Waals surface area (Å²) in [7, 11) is 0. The van der Waals surface area contributed by atoms with Crippen molar-refractivity contribution in [2.24, 2.45) is 11.8 Å². The van der Waals surface area contributed by atoms with Crippen molar-refractivity contribution in [2.45, 2.75) is 64.7 Å². The molecule has 0 heterocycles. The van der Waals surface area contributed by atoms with Crippen LogP contribution in [0.1, 0.15) is 64.7 Å². The zero-order valence-electron chi connectivity index (χ0n) is 9.87. The fourth-order valence-electron chi connectivity index (χ4n) is 2.34. The maximum atomic E-state index is 10.4. The molecule has 0 aromatic carbocycles. The quantitative estimate of drug-likeness (QED) is 0.589. The van der Waals surface area contributed by atoms with E-state index in [0.717, 1.165) is 18.3 Å². The summed E-state index contributed by atoms with van der Waals surface area (Å²) in [6.07, 6.45) is 10.7. The Bertz CT molecular complexity index is 189. The molecular weight excluding hydrogens is 188 g/mol. The number of carboxylic acid groups (broad SMARTS) is 1. The van der Waals surface area contributed by atoms with E-state index in [2.05, 4.69) is 6.92 Å². The Morgan fingerprint density at radius 3 is 2.47 bits per heavy atom. The lowest BCUT2D eigenvalue weighted by Crippen LogP contribution is -1.95. The van der Waals surface area contributed by atoms with Crippen molar-refractivity contribution < 1.29 is 9.90 Å². The molecule has 2 unspecified atom stereocenters. The molecule has 1 fully saturated rings. The zero-order chi connectivity index (χ0) is 11.1. The Kier molecular flexibility index (Phi) is 5.74. The average Bonchev–Trinajstić information content (AvgIpc) is 2.93. The molecule has 1 aliphatic carbocycles. The molecule has 1 N–H and O–H groups in total. The molecule has 2 heteroatoms. The van der Waals surface area contributed by atoms with Gasteiger partial charge in [-0.05, 0) is 24.7 Å². The summed E-state index contributed by atoms with van der Waals surface area (Å²) in [5.74, 6) is 0.974. The Morgan fingerprint density at radius 2 is 1.80 bits per heavy atom. The van der Waals surface area contributed by atoms with Crippen LogP contribution in [0.15, 0.2) is 0 Å². The predicted octanol–water partition coefficient (Wildman–Crippen LogP) is 3.85. The average molecular weight is 212 g/mol. The number of aliphatic carboxylic acids is 1. The first-order valence-electron chi connectivity index (χ1n) is 6.45. The highest BCUT2D eigenvalue weighted by Crippen LogP contribution is 2.45. The smallest absolute Gasteiger partial charge is 0.303 e. The number of unbranched alkanes of at least 4 members (excludes halogenated alkanes) is 4. The van der Waals surface area contributed by atoms with Gasteiger partial charge in [0.1, 0.15) is 0 Å². The van der Waals surface area contributed by atoms with Gasteiger partial charge in [-0.3, -0.25) is 4.79 Å². The standard InChI is InChI=1S/C13H24O2/c1-2-3-4-5-6-7-11-10-12(11)8-9-13(14)15/h11-12H,2-10H2,1H3,(H,14,15). The lowest BCUT2D eigenvalue weighted by molar-refractivity contribution is -0.137. The van der Waals surface area contributed by atoms with E-state index in [-0.39, 0.29) is 0 Å². The van der Waals surface area contributed by atoms with Crippen LogP contribution < -0.4 is 0 Å². The van der Waals surface area contributed by atoms with Gasteiger partial charge in [-0.1, -0.05) is 45.4 Å². The molecule has 0 amide bonds. The molecule has 88 valence electrons. The van der Waals surface area contributed by atoms with Crippen molar-refractivity contribution in [3.8, 4) is 0 Å². The van der Waals surface area contributed by atoms with Crippen molar-refractivity contribution in [3.63, 3.8) is 0 Å². The Labute approximate surface area is 93.1 Å². The number of carbonyl (C=O) groups is 1. The van der Waals surface area contributed by atoms with Gasteiger partial charge in [0.2, 0.25) is 0 Å². The Morgan fingerprint density at radius 1 is 1.13 bits per heavy atom. The third-order valence-corrected chi connectivity index (χ3v) is 3.48. The number of rotatable bonds is 9. The summed E-state index contributed by atoms with van der Waals surface area (Å²) in [4.78, 5) is 10.4. The van der Waals surface area contributed by atoms with E-state index >= 15 is 0 Å². The summed E-state index contributed by atoms with van der Waals surface area (Å²) >= 11 is 0. The van der Waals surface area contributed by atoms with E-state index in [9.17, 15) is 4.79 Å². The molecule has 0 bridgehead atoms. The van der Waals surface area contributed by atoms with Crippen LogP contribution in [0.4, 0.5) is 0 Å². The molecule has 1 saturated carbocycles. The van der Waals surface area contributed by atoms with Gasteiger partial charge >= 0.3 is 5.97 Å². The molecule has 1 rings (SSSR count). The Hall–Kier alpha value is -0.530. The molecule has 15 heavy (non-hydrogen) atoms. The number of hydrogen-bond donors (Lipinski definition) is 1. The highest BCUT2D eigenvalue weighted by molar-refractivity contribution is 5.66. The largest absolute Gasteiger partial charge is 0.481 e. The van der Waals surface area contributed by atoms with Crippen molar-refractivity contribution in [3.05, 3.63) is 0 Å². The van der Waals surface area contributed by atoms with Gasteiger partial charge in [0, 0.05) is 6.42 Å². The first-order valence-corrected chi connectivity index (χ1v) is 6.45. The van der Waals surface area contributed by atoms with Gasteiger partial charge in [-0.15, -0.1) is 0 Å². The van der Waals surface area contributed by atoms with Crippen molar-refractivity contribution in [1.82, 2.24) is 0 Å². The second-order valence-corrected chi connectivity index (χ2v) is 4.89. The van der Waals surface area contributed by atoms with E-state index in [1.807, 2.05) is 0 Å². The molecule has 0 radical (unpaired) electrons. The molecule has 2 atom stereocenters. The van der Waals surface area contributed by atoms with Crippen LogP contribution in [-0.2, 0) is 4.79 Å². The molecule has 0 spiro atoms. The first kappa shape index (κ1) is 12.5. The summed E-state index contributed by atoms with van der Waals surface area (Å²) < 4.78 is 0. The lowest BCUT2D eigenvalue weighted by atomic mass is 10.1. The fourth-order valence-corrected chi connectivity index (χ4v) is 2.34. The number of hydrogen-bond acceptors (Lipinski definition) is 1. The van der Waals surface area contributed by atoms with Gasteiger partial charge < -0.3 is 5.11 Å². The highest BCUT2D eigenvalue weighted by atomic mass is 16.4. The SMILES string of the molecule is CCCCCCCC1CC1CCC(=O)O. The van der Waals surface area contributed by atoms with E-state index in [4.69, 9.17) is 5.11 Å². The van der Waals surface area contributed by atoms with Gasteiger partial charge in [0.15, 0.2) is 0 Å². The third kappa shape index (κ3) is 5.81. The minimum absolute atomic E-state index is 0.372. The van der Waals surface area contributed by atoms with E-state index in [0.29, 0.717) is 6.42 Å². The second-order valence-electron chi connectivity index (χ2n) is 4.89. The molecule has 1 aliphatic rings. The Balaban J connectivity index is 1.86. The summed E-state index contributed by atoms with van der Waals surface area (Å²) in [6.45, 7) is 2.24. The van der Waals surface area contributed by atoms with Crippen molar-refractivity contribution >= 4 is 5.97 Å². The van der Waals surface area contributed by atoms with Crippen LogP contribution in [0.25, 0.3) is 0 Å². The van der Waals surface area contributed by atoms with Crippen molar-refractivity contribution in [1.29, 1.82) is 0 Å². The molecule has 0 aromatic rings. The molecule has 0 aliphatic heterocycles. The minimum atomic E-state index is -0.636. The summed E-state index contributed by atoms with van der Waals surface area (Å²) in [6, 6.07) is 0. The van der Waals surface area contributed by atoms with Gasteiger partial charge in [-0.2, -0.15) is 0 Å². The highest BCUT2D eigenvalue weighted by Gasteiger charge is 2.35. The van der Waals surface area contributed by atoms with Crippen LogP contribution in [-0.4, -0.2) is 11.1 Å². The molecule has 0 aromatic heterocycles. The normalized spacial score (nSPS) is 24.1. The third-order valence-electron chi connectivity index (χ3n) is 3.48. The summed E-state index contributed by atoms with van der Waals surface area (Å²) in [5.41, 5.74) is 0. The van der Waals surface area contributed by atoms with Crippen molar-refractivity contribution in [2.75, 3.05) is 0 Å². The molecule has 2 nitrogen and oxygen atoms in total. The summed E-state index contributed by atoms with van der Waals surface area (Å²) in [5, 5.41) is 8.55. The maximum absolute atomic E-state index is 10.4. The monoisotopic (exact) mass is 212 g/mol. The van der Waals surface area contributed by atoms with Crippen LogP contribution in [0.2, 0.25) is 0 Å². The van der Waals surface area contributed by atoms with Crippen LogP contribution in [0, 0.1) is 11.8 Å². The fraction of sp³-hybridized carbons (Fsp3) is 0.923. The number of carboxylic acids is 1. The van der Waals surface area contributed by atoms with Crippen LogP contribution >= 0.6 is 0 Å². The van der Waals surface area contributed by atoms with Gasteiger partial charge in [-0.25, -0.2) is 0 Å². The lowest BCUT2D eigenvalue weighted by Gasteiger charge is -2.00. The van der Waals surface area contributed by atoms with E-state index in [1.165, 1.54) is 44.9 Å². The van der Waals surface area contributed by atoms with Gasteiger partial charge in [0.25, 0.3) is 0 Å². The zero-order valence-corrected chi connectivity index (χ0v) is 9.87. The van der Waals surface area contributed by atoms with Crippen LogP contribution in [0.3, 0.4) is 0 Å². The minimum Gasteiger partial charge on any atom is -0.481 e. The molecular formula is C13H24O2. The van der Waals surface area contributed by atoms with E-state index in [1.54, 1.807) is 0 Å². The van der Waals surface area contributed by atoms with E-state index < -0.39 is 5.97 Å². The predicted molar refractivity (Wildman–Crippen MR) is 61.8 cm³/mol.